The van der Waals surface area contributed by atoms with Crippen LogP contribution in [0.2, 0.25) is 0 Å². The summed E-state index contributed by atoms with van der Waals surface area (Å²) in [5, 5.41) is 24.7. The van der Waals surface area contributed by atoms with Crippen LogP contribution in [0.25, 0.3) is 0 Å². The summed E-state index contributed by atoms with van der Waals surface area (Å²) in [7, 11) is 0. The number of nitrogens with one attached hydrogen (secondary N) is 2. The molecule has 0 spiro atoms. The first kappa shape index (κ1) is 28.5. The van der Waals surface area contributed by atoms with Crippen molar-refractivity contribution in [2.24, 2.45) is 11.3 Å². The molecule has 0 aliphatic heterocycles. The van der Waals surface area contributed by atoms with Crippen LogP contribution in [0, 0.1) is 11.3 Å². The summed E-state index contributed by atoms with van der Waals surface area (Å²) in [6.07, 6.45) is 2.14. The van der Waals surface area contributed by atoms with Gasteiger partial charge in [-0.15, -0.1) is 0 Å². The van der Waals surface area contributed by atoms with Gasteiger partial charge < -0.3 is 20.5 Å². The lowest BCUT2D eigenvalue weighted by molar-refractivity contribution is -0.166. The van der Waals surface area contributed by atoms with Crippen molar-refractivity contribution in [3.8, 4) is 0 Å². The molecule has 186 valence electrons. The first-order valence-corrected chi connectivity index (χ1v) is 11.3. The monoisotopic (exact) mass is 465 g/mol. The van der Waals surface area contributed by atoms with Gasteiger partial charge in [-0.05, 0) is 37.2 Å². The maximum absolute atomic E-state index is 13.2. The van der Waals surface area contributed by atoms with Crippen molar-refractivity contribution in [2.45, 2.75) is 59.0 Å². The van der Waals surface area contributed by atoms with E-state index in [1.54, 1.807) is 6.92 Å². The Morgan fingerprint density at radius 1 is 1.15 bits per heavy atom. The van der Waals surface area contributed by atoms with Crippen molar-refractivity contribution < 1.29 is 29.4 Å². The van der Waals surface area contributed by atoms with Gasteiger partial charge in [-0.25, -0.2) is 5.06 Å². The van der Waals surface area contributed by atoms with Crippen molar-refractivity contribution in [2.75, 3.05) is 26.4 Å². The fraction of sp³-hybridized carbons (Fsp3) is 0.625. The summed E-state index contributed by atoms with van der Waals surface area (Å²) < 4.78 is 5.15. The smallest absolute Gasteiger partial charge is 0.243 e. The van der Waals surface area contributed by atoms with Gasteiger partial charge in [0.15, 0.2) is 0 Å². The molecule has 33 heavy (non-hydrogen) atoms. The lowest BCUT2D eigenvalue weighted by atomic mass is 9.84. The first-order valence-electron chi connectivity index (χ1n) is 11.3. The van der Waals surface area contributed by atoms with E-state index in [9.17, 15) is 19.6 Å². The summed E-state index contributed by atoms with van der Waals surface area (Å²) in [6, 6.07) is 8.27. The molecule has 4 N–H and O–H groups in total. The highest BCUT2D eigenvalue weighted by atomic mass is 16.5. The highest BCUT2D eigenvalue weighted by Crippen LogP contribution is 2.23. The number of nitrogens with zero attached hydrogens (tertiary/aromatic N) is 1. The van der Waals surface area contributed by atoms with Gasteiger partial charge in [-0.1, -0.05) is 51.1 Å². The second-order valence-electron chi connectivity index (χ2n) is 9.14. The summed E-state index contributed by atoms with van der Waals surface area (Å²) in [5.41, 5.74) is 0.559. The van der Waals surface area contributed by atoms with Crippen LogP contribution in [-0.4, -0.2) is 72.1 Å². The van der Waals surface area contributed by atoms with E-state index in [0.29, 0.717) is 17.9 Å². The molecule has 1 rings (SSSR count). The number of amides is 3. The fourth-order valence-electron chi connectivity index (χ4n) is 3.48. The summed E-state index contributed by atoms with van der Waals surface area (Å²) >= 11 is 0. The van der Waals surface area contributed by atoms with Crippen molar-refractivity contribution in [3.63, 3.8) is 0 Å². The number of hydrogen-bond acceptors (Lipinski definition) is 6. The molecule has 1 aromatic carbocycles. The molecule has 0 saturated carbocycles. The fourth-order valence-corrected chi connectivity index (χ4v) is 3.48. The standard InChI is InChI=1S/C24H39N3O6/c1-18(27(32)17-29)20(12-8-11-19-9-6-5-7-10-19)22(30)26-21(24(2,3)4)23(31)25-13-15-33-16-14-28/h5-7,9-10,17-18,20-21,28,32H,8,11-16H2,1-4H3,(H,25,31)(H,26,30)/t18-,20?,21?/m0/s1. The van der Waals surface area contributed by atoms with Crippen LogP contribution in [0.15, 0.2) is 30.3 Å². The van der Waals surface area contributed by atoms with Gasteiger partial charge in [-0.3, -0.25) is 19.6 Å². The molecule has 3 amide bonds. The predicted octanol–water partition coefficient (Wildman–Crippen LogP) is 1.52. The van der Waals surface area contributed by atoms with Crippen LogP contribution in [0.1, 0.15) is 46.1 Å². The van der Waals surface area contributed by atoms with E-state index in [1.165, 1.54) is 0 Å². The van der Waals surface area contributed by atoms with E-state index >= 15 is 0 Å². The molecule has 2 unspecified atom stereocenters. The minimum atomic E-state index is -0.824. The van der Waals surface area contributed by atoms with E-state index in [0.717, 1.165) is 12.0 Å². The lowest BCUT2D eigenvalue weighted by Crippen LogP contribution is -2.56. The third-order valence-corrected chi connectivity index (χ3v) is 5.46. The SMILES string of the molecule is C[C@@H](C(CCCc1ccccc1)C(=O)NC(C(=O)NCCOCCO)C(C)(C)C)N(O)C=O. The molecule has 9 nitrogen and oxygen atoms in total. The number of carbonyl (C=O) groups is 3. The Morgan fingerprint density at radius 3 is 2.39 bits per heavy atom. The Bertz CT molecular complexity index is 723. The highest BCUT2D eigenvalue weighted by Gasteiger charge is 2.36. The van der Waals surface area contributed by atoms with Gasteiger partial charge in [0.2, 0.25) is 18.2 Å². The maximum atomic E-state index is 13.2. The van der Waals surface area contributed by atoms with E-state index in [4.69, 9.17) is 9.84 Å². The molecule has 0 saturated heterocycles. The third-order valence-electron chi connectivity index (χ3n) is 5.46. The van der Waals surface area contributed by atoms with E-state index in [-0.39, 0.29) is 38.7 Å². The van der Waals surface area contributed by atoms with E-state index in [2.05, 4.69) is 10.6 Å². The van der Waals surface area contributed by atoms with E-state index in [1.807, 2.05) is 51.1 Å². The number of ether oxygens (including phenoxy) is 1. The Morgan fingerprint density at radius 2 is 1.82 bits per heavy atom. The zero-order valence-corrected chi connectivity index (χ0v) is 20.1. The Hall–Kier alpha value is -2.49. The molecule has 0 aliphatic carbocycles. The zero-order valence-electron chi connectivity index (χ0n) is 20.1. The Balaban J connectivity index is 2.85. The second-order valence-corrected chi connectivity index (χ2v) is 9.14. The molecule has 0 bridgehead atoms. The van der Waals surface area contributed by atoms with Gasteiger partial charge in [0, 0.05) is 6.54 Å². The summed E-state index contributed by atoms with van der Waals surface area (Å²) in [5.74, 6) is -1.45. The van der Waals surface area contributed by atoms with Crippen molar-refractivity contribution in [3.05, 3.63) is 35.9 Å². The third kappa shape index (κ3) is 10.3. The van der Waals surface area contributed by atoms with Crippen LogP contribution in [0.5, 0.6) is 0 Å². The van der Waals surface area contributed by atoms with Crippen molar-refractivity contribution in [1.82, 2.24) is 15.7 Å². The van der Waals surface area contributed by atoms with Gasteiger partial charge in [-0.2, -0.15) is 0 Å². The zero-order chi connectivity index (χ0) is 24.9. The summed E-state index contributed by atoms with van der Waals surface area (Å²) in [4.78, 5) is 37.1. The molecule has 1 aromatic rings. The predicted molar refractivity (Wildman–Crippen MR) is 124 cm³/mol. The minimum absolute atomic E-state index is 0.0961. The molecular weight excluding hydrogens is 426 g/mol. The number of hydroxylamine groups is 2. The minimum Gasteiger partial charge on any atom is -0.394 e. The number of carbonyl (C=O) groups excluding carboxylic acids is 3. The van der Waals surface area contributed by atoms with Gasteiger partial charge >= 0.3 is 0 Å². The molecule has 0 aromatic heterocycles. The molecule has 0 radical (unpaired) electrons. The number of benzene rings is 1. The normalized spacial score (nSPS) is 14.1. The van der Waals surface area contributed by atoms with Crippen molar-refractivity contribution in [1.29, 1.82) is 0 Å². The molecule has 3 atom stereocenters. The van der Waals surface area contributed by atoms with Gasteiger partial charge in [0.25, 0.3) is 0 Å². The average Bonchev–Trinajstić information content (AvgIpc) is 2.78. The molecule has 0 heterocycles. The number of aryl methyl sites for hydroxylation is 1. The first-order chi connectivity index (χ1) is 15.6. The van der Waals surface area contributed by atoms with Crippen LogP contribution < -0.4 is 10.6 Å². The Labute approximate surface area is 196 Å². The van der Waals surface area contributed by atoms with Crippen LogP contribution in [0.4, 0.5) is 0 Å². The molecule has 0 fully saturated rings. The topological polar surface area (TPSA) is 128 Å². The largest absolute Gasteiger partial charge is 0.394 e. The van der Waals surface area contributed by atoms with Gasteiger partial charge in [0.1, 0.15) is 6.04 Å². The van der Waals surface area contributed by atoms with Gasteiger partial charge in [0.05, 0.1) is 31.8 Å². The number of rotatable bonds is 15. The summed E-state index contributed by atoms with van der Waals surface area (Å²) in [6.45, 7) is 7.72. The number of aliphatic hydroxyl groups is 1. The highest BCUT2D eigenvalue weighted by molar-refractivity contribution is 5.89. The average molecular weight is 466 g/mol. The molecular formula is C24H39N3O6. The number of hydrogen-bond donors (Lipinski definition) is 4. The van der Waals surface area contributed by atoms with E-state index < -0.39 is 29.3 Å². The molecule has 0 aliphatic rings. The van der Waals surface area contributed by atoms with Crippen LogP contribution in [-0.2, 0) is 25.5 Å². The second kappa shape index (κ2) is 14.6. The quantitative estimate of drug-likeness (QED) is 0.135. The number of aliphatic hydroxyl groups excluding tert-OH is 1. The lowest BCUT2D eigenvalue weighted by Gasteiger charge is -2.33. The maximum Gasteiger partial charge on any atom is 0.243 e. The molecule has 9 heteroatoms. The van der Waals surface area contributed by atoms with Crippen LogP contribution >= 0.6 is 0 Å². The van der Waals surface area contributed by atoms with Crippen LogP contribution in [0.3, 0.4) is 0 Å². The van der Waals surface area contributed by atoms with Crippen molar-refractivity contribution >= 4 is 18.2 Å². The Kier molecular flexibility index (Phi) is 12.6.